The Morgan fingerprint density at radius 3 is 2.76 bits per heavy atom. The SMILES string of the molecule is CN(Cc1cccnc1)S(=O)(=O)c1cc(Br)c(F)cc1N. The van der Waals surface area contributed by atoms with E-state index >= 15 is 0 Å². The van der Waals surface area contributed by atoms with Gasteiger partial charge in [-0.2, -0.15) is 4.31 Å². The molecule has 0 spiro atoms. The Balaban J connectivity index is 2.36. The van der Waals surface area contributed by atoms with Crippen LogP contribution in [0.5, 0.6) is 0 Å². The second-order valence-electron chi connectivity index (χ2n) is 4.43. The number of nitrogens with two attached hydrogens (primary N) is 1. The van der Waals surface area contributed by atoms with Gasteiger partial charge in [0.1, 0.15) is 10.7 Å². The summed E-state index contributed by atoms with van der Waals surface area (Å²) < 4.78 is 39.5. The van der Waals surface area contributed by atoms with E-state index < -0.39 is 15.8 Å². The summed E-state index contributed by atoms with van der Waals surface area (Å²) in [7, 11) is -2.39. The van der Waals surface area contributed by atoms with Gasteiger partial charge in [0.25, 0.3) is 0 Å². The Hall–Kier alpha value is -1.51. The van der Waals surface area contributed by atoms with Gasteiger partial charge in [0, 0.05) is 26.0 Å². The van der Waals surface area contributed by atoms with Gasteiger partial charge < -0.3 is 5.73 Å². The van der Waals surface area contributed by atoms with Gasteiger partial charge in [-0.15, -0.1) is 0 Å². The predicted octanol–water partition coefficient (Wildman–Crippen LogP) is 2.39. The van der Waals surface area contributed by atoms with Crippen LogP contribution in [0.25, 0.3) is 0 Å². The molecular formula is C13H13BrFN3O2S. The van der Waals surface area contributed by atoms with Gasteiger partial charge in [0.15, 0.2) is 0 Å². The van der Waals surface area contributed by atoms with Crippen molar-refractivity contribution in [2.45, 2.75) is 11.4 Å². The molecule has 0 aliphatic heterocycles. The normalized spacial score (nSPS) is 11.8. The summed E-state index contributed by atoms with van der Waals surface area (Å²) >= 11 is 2.97. The van der Waals surface area contributed by atoms with Crippen LogP contribution < -0.4 is 5.73 Å². The highest BCUT2D eigenvalue weighted by Crippen LogP contribution is 2.28. The molecule has 0 unspecified atom stereocenters. The Labute approximate surface area is 130 Å². The van der Waals surface area contributed by atoms with Crippen LogP contribution in [0.15, 0.2) is 46.0 Å². The van der Waals surface area contributed by atoms with Crippen LogP contribution in [0.3, 0.4) is 0 Å². The van der Waals surface area contributed by atoms with Crippen LogP contribution in [0.1, 0.15) is 5.56 Å². The number of halogens is 2. The second-order valence-corrected chi connectivity index (χ2v) is 7.29. The van der Waals surface area contributed by atoms with E-state index in [1.54, 1.807) is 24.5 Å². The van der Waals surface area contributed by atoms with Crippen molar-refractivity contribution in [3.63, 3.8) is 0 Å². The number of hydrogen-bond donors (Lipinski definition) is 1. The summed E-state index contributed by atoms with van der Waals surface area (Å²) in [6, 6.07) is 5.64. The van der Waals surface area contributed by atoms with Crippen molar-refractivity contribution >= 4 is 31.6 Å². The van der Waals surface area contributed by atoms with E-state index in [0.29, 0.717) is 0 Å². The molecular weight excluding hydrogens is 361 g/mol. The van der Waals surface area contributed by atoms with Crippen molar-refractivity contribution in [2.75, 3.05) is 12.8 Å². The molecule has 0 aliphatic carbocycles. The van der Waals surface area contributed by atoms with Crippen LogP contribution >= 0.6 is 15.9 Å². The van der Waals surface area contributed by atoms with Gasteiger partial charge >= 0.3 is 0 Å². The lowest BCUT2D eigenvalue weighted by atomic mass is 10.3. The molecule has 0 bridgehead atoms. The minimum atomic E-state index is -3.82. The molecule has 8 heteroatoms. The maximum atomic E-state index is 13.4. The third-order valence-electron chi connectivity index (χ3n) is 2.87. The first-order valence-corrected chi connectivity index (χ1v) is 8.15. The van der Waals surface area contributed by atoms with Crippen LogP contribution in [0.4, 0.5) is 10.1 Å². The number of pyridine rings is 1. The van der Waals surface area contributed by atoms with Gasteiger partial charge in [-0.3, -0.25) is 4.98 Å². The highest BCUT2D eigenvalue weighted by molar-refractivity contribution is 9.10. The lowest BCUT2D eigenvalue weighted by molar-refractivity contribution is 0.466. The first kappa shape index (κ1) is 15.9. The van der Waals surface area contributed by atoms with E-state index in [2.05, 4.69) is 20.9 Å². The highest BCUT2D eigenvalue weighted by atomic mass is 79.9. The van der Waals surface area contributed by atoms with Crippen LogP contribution in [0, 0.1) is 5.82 Å². The fraction of sp³-hybridized carbons (Fsp3) is 0.154. The van der Waals surface area contributed by atoms with Crippen molar-refractivity contribution in [3.8, 4) is 0 Å². The van der Waals surface area contributed by atoms with Gasteiger partial charge in [-0.1, -0.05) is 6.07 Å². The Bertz CT molecular complexity index is 754. The standard InChI is InChI=1S/C13H13BrFN3O2S/c1-18(8-9-3-2-4-17-7-9)21(19,20)13-5-10(14)11(15)6-12(13)16/h2-7H,8,16H2,1H3. The number of anilines is 1. The third kappa shape index (κ3) is 3.39. The monoisotopic (exact) mass is 373 g/mol. The summed E-state index contributed by atoms with van der Waals surface area (Å²) in [5.41, 5.74) is 6.24. The maximum Gasteiger partial charge on any atom is 0.245 e. The minimum Gasteiger partial charge on any atom is -0.398 e. The topological polar surface area (TPSA) is 76.3 Å². The van der Waals surface area contributed by atoms with E-state index in [-0.39, 0.29) is 21.6 Å². The summed E-state index contributed by atoms with van der Waals surface area (Å²) in [5.74, 6) is -0.610. The van der Waals surface area contributed by atoms with Crippen molar-refractivity contribution in [1.82, 2.24) is 9.29 Å². The van der Waals surface area contributed by atoms with Crippen molar-refractivity contribution < 1.29 is 12.8 Å². The number of nitrogen functional groups attached to an aromatic ring is 1. The maximum absolute atomic E-state index is 13.4. The van der Waals surface area contributed by atoms with E-state index in [0.717, 1.165) is 15.9 Å². The Morgan fingerprint density at radius 2 is 2.14 bits per heavy atom. The molecule has 0 amide bonds. The zero-order chi connectivity index (χ0) is 15.6. The van der Waals surface area contributed by atoms with Gasteiger partial charge in [0.05, 0.1) is 10.2 Å². The fourth-order valence-corrected chi connectivity index (χ4v) is 3.54. The molecule has 0 aliphatic rings. The smallest absolute Gasteiger partial charge is 0.245 e. The van der Waals surface area contributed by atoms with Gasteiger partial charge in [-0.25, -0.2) is 12.8 Å². The zero-order valence-electron chi connectivity index (χ0n) is 11.1. The quantitative estimate of drug-likeness (QED) is 0.834. The summed E-state index contributed by atoms with van der Waals surface area (Å²) in [6.45, 7) is 0.143. The number of hydrogen-bond acceptors (Lipinski definition) is 4. The van der Waals surface area contributed by atoms with E-state index in [9.17, 15) is 12.8 Å². The van der Waals surface area contributed by atoms with Crippen LogP contribution in [-0.2, 0) is 16.6 Å². The van der Waals surface area contributed by atoms with Crippen LogP contribution in [-0.4, -0.2) is 24.8 Å². The number of aromatic nitrogens is 1. The molecule has 0 radical (unpaired) electrons. The molecule has 5 nitrogen and oxygen atoms in total. The molecule has 2 aromatic rings. The molecule has 1 heterocycles. The number of sulfonamides is 1. The Morgan fingerprint density at radius 1 is 1.43 bits per heavy atom. The summed E-state index contributed by atoms with van der Waals surface area (Å²) in [6.07, 6.45) is 3.18. The minimum absolute atomic E-state index is 0.0463. The van der Waals surface area contributed by atoms with Crippen molar-refractivity contribution in [1.29, 1.82) is 0 Å². The lowest BCUT2D eigenvalue weighted by Gasteiger charge is -2.18. The molecule has 112 valence electrons. The van der Waals surface area contributed by atoms with E-state index in [1.165, 1.54) is 13.1 Å². The third-order valence-corrected chi connectivity index (χ3v) is 5.34. The van der Waals surface area contributed by atoms with Crippen LogP contribution in [0.2, 0.25) is 0 Å². The lowest BCUT2D eigenvalue weighted by Crippen LogP contribution is -2.27. The molecule has 0 saturated carbocycles. The van der Waals surface area contributed by atoms with Gasteiger partial charge in [-0.05, 0) is 39.7 Å². The average molecular weight is 374 g/mol. The molecule has 2 rings (SSSR count). The van der Waals surface area contributed by atoms with Crippen molar-refractivity contribution in [2.24, 2.45) is 0 Å². The fourth-order valence-electron chi connectivity index (χ4n) is 1.77. The first-order chi connectivity index (χ1) is 9.82. The number of benzene rings is 1. The largest absolute Gasteiger partial charge is 0.398 e. The van der Waals surface area contributed by atoms with E-state index in [1.807, 2.05) is 0 Å². The summed E-state index contributed by atoms with van der Waals surface area (Å²) in [4.78, 5) is 3.80. The zero-order valence-corrected chi connectivity index (χ0v) is 13.5. The molecule has 1 aromatic carbocycles. The molecule has 2 N–H and O–H groups in total. The molecule has 0 fully saturated rings. The first-order valence-electron chi connectivity index (χ1n) is 5.92. The van der Waals surface area contributed by atoms with Crippen molar-refractivity contribution in [3.05, 3.63) is 52.5 Å². The predicted molar refractivity (Wildman–Crippen MR) is 81.4 cm³/mol. The molecule has 0 atom stereocenters. The van der Waals surface area contributed by atoms with E-state index in [4.69, 9.17) is 5.73 Å². The Kier molecular flexibility index (Phi) is 4.60. The second kappa shape index (κ2) is 6.08. The molecule has 0 saturated heterocycles. The number of rotatable bonds is 4. The number of nitrogens with zero attached hydrogens (tertiary/aromatic N) is 2. The van der Waals surface area contributed by atoms with Gasteiger partial charge in [0.2, 0.25) is 10.0 Å². The average Bonchev–Trinajstić information content (AvgIpc) is 2.43. The highest BCUT2D eigenvalue weighted by Gasteiger charge is 2.24. The summed E-state index contributed by atoms with van der Waals surface area (Å²) in [5, 5.41) is 0. The molecule has 1 aromatic heterocycles. The molecule has 21 heavy (non-hydrogen) atoms.